The van der Waals surface area contributed by atoms with Gasteiger partial charge in [-0.05, 0) is 19.0 Å². The van der Waals surface area contributed by atoms with Crippen LogP contribution in [0.2, 0.25) is 0 Å². The third-order valence-electron chi connectivity index (χ3n) is 2.86. The Balaban J connectivity index is 2.54. The summed E-state index contributed by atoms with van der Waals surface area (Å²) < 4.78 is 5.07. The van der Waals surface area contributed by atoms with E-state index in [1.807, 2.05) is 24.1 Å². The summed E-state index contributed by atoms with van der Waals surface area (Å²) in [6, 6.07) is 5.34. The largest absolute Gasteiger partial charge is 0.504 e. The zero-order valence-electron chi connectivity index (χ0n) is 12.6. The molecule has 0 aliphatic carbocycles. The number of hydrogen-bond acceptors (Lipinski definition) is 4. The van der Waals surface area contributed by atoms with Gasteiger partial charge in [0.15, 0.2) is 11.5 Å². The quantitative estimate of drug-likeness (QED) is 0.796. The number of carbonyl (C=O) groups excluding carboxylic acids is 1. The second kappa shape index (κ2) is 7.75. The monoisotopic (exact) mass is 280 g/mol. The van der Waals surface area contributed by atoms with Crippen molar-refractivity contribution < 1.29 is 14.6 Å². The van der Waals surface area contributed by atoms with Gasteiger partial charge in [-0.1, -0.05) is 26.0 Å². The Morgan fingerprint density at radius 3 is 2.75 bits per heavy atom. The maximum absolute atomic E-state index is 11.7. The number of methoxy groups -OCH3 is 1. The average molecular weight is 280 g/mol. The molecule has 0 heterocycles. The molecule has 5 nitrogen and oxygen atoms in total. The first-order valence-electron chi connectivity index (χ1n) is 6.74. The number of carbonyl (C=O) groups is 1. The summed E-state index contributed by atoms with van der Waals surface area (Å²) in [6.07, 6.45) is 0. The van der Waals surface area contributed by atoms with E-state index in [2.05, 4.69) is 19.2 Å². The molecule has 0 saturated heterocycles. The number of nitrogens with zero attached hydrogens (tertiary/aromatic N) is 1. The van der Waals surface area contributed by atoms with Crippen LogP contribution in [0.3, 0.4) is 0 Å². The van der Waals surface area contributed by atoms with E-state index in [4.69, 9.17) is 4.74 Å². The highest BCUT2D eigenvalue weighted by molar-refractivity contribution is 5.77. The Kier molecular flexibility index (Phi) is 6.31. The van der Waals surface area contributed by atoms with E-state index in [0.29, 0.717) is 31.3 Å². The van der Waals surface area contributed by atoms with Crippen LogP contribution < -0.4 is 10.1 Å². The predicted molar refractivity (Wildman–Crippen MR) is 78.8 cm³/mol. The number of para-hydroxylation sites is 1. The van der Waals surface area contributed by atoms with Gasteiger partial charge in [-0.3, -0.25) is 9.69 Å². The zero-order valence-corrected chi connectivity index (χ0v) is 12.6. The number of benzene rings is 1. The lowest BCUT2D eigenvalue weighted by molar-refractivity contribution is -0.122. The summed E-state index contributed by atoms with van der Waals surface area (Å²) in [5, 5.41) is 12.9. The Morgan fingerprint density at radius 2 is 2.15 bits per heavy atom. The van der Waals surface area contributed by atoms with Crippen molar-refractivity contribution >= 4 is 5.91 Å². The van der Waals surface area contributed by atoms with Gasteiger partial charge in [0.1, 0.15) is 0 Å². The fourth-order valence-corrected chi connectivity index (χ4v) is 1.83. The van der Waals surface area contributed by atoms with Crippen molar-refractivity contribution in [2.45, 2.75) is 20.4 Å². The van der Waals surface area contributed by atoms with E-state index in [9.17, 15) is 9.90 Å². The van der Waals surface area contributed by atoms with Crippen molar-refractivity contribution in [1.29, 1.82) is 0 Å². The molecule has 20 heavy (non-hydrogen) atoms. The van der Waals surface area contributed by atoms with Crippen molar-refractivity contribution in [3.05, 3.63) is 23.8 Å². The lowest BCUT2D eigenvalue weighted by Gasteiger charge is -2.18. The molecule has 0 saturated carbocycles. The molecule has 0 aliphatic rings. The first kappa shape index (κ1) is 16.3. The minimum Gasteiger partial charge on any atom is -0.504 e. The summed E-state index contributed by atoms with van der Waals surface area (Å²) in [6.45, 7) is 5.56. The van der Waals surface area contributed by atoms with E-state index in [1.165, 1.54) is 7.11 Å². The van der Waals surface area contributed by atoms with Gasteiger partial charge in [0.2, 0.25) is 5.91 Å². The smallest absolute Gasteiger partial charge is 0.234 e. The van der Waals surface area contributed by atoms with E-state index >= 15 is 0 Å². The van der Waals surface area contributed by atoms with Crippen LogP contribution in [0.1, 0.15) is 19.4 Å². The highest BCUT2D eigenvalue weighted by Gasteiger charge is 2.12. The molecular weight excluding hydrogens is 256 g/mol. The fraction of sp³-hybridized carbons (Fsp3) is 0.533. The van der Waals surface area contributed by atoms with Crippen LogP contribution in [0, 0.1) is 5.92 Å². The lowest BCUT2D eigenvalue weighted by Crippen LogP contribution is -2.36. The van der Waals surface area contributed by atoms with Crippen LogP contribution in [0.4, 0.5) is 0 Å². The van der Waals surface area contributed by atoms with Crippen LogP contribution >= 0.6 is 0 Å². The first-order valence-corrected chi connectivity index (χ1v) is 6.74. The molecule has 0 bridgehead atoms. The second-order valence-corrected chi connectivity index (χ2v) is 5.34. The number of ether oxygens (including phenoxy) is 1. The molecule has 0 atom stereocenters. The SMILES string of the molecule is COc1cccc(CN(C)CC(=O)NCC(C)C)c1O. The Bertz CT molecular complexity index is 447. The predicted octanol–water partition coefficient (Wildman–Crippen LogP) is 1.60. The summed E-state index contributed by atoms with van der Waals surface area (Å²) in [5.74, 6) is 1.000. The molecule has 1 aromatic carbocycles. The van der Waals surface area contributed by atoms with Crippen LogP contribution in [0.25, 0.3) is 0 Å². The van der Waals surface area contributed by atoms with Gasteiger partial charge in [0.25, 0.3) is 0 Å². The number of likely N-dealkylation sites (N-methyl/N-ethyl adjacent to an activating group) is 1. The Morgan fingerprint density at radius 1 is 1.45 bits per heavy atom. The van der Waals surface area contributed by atoms with Gasteiger partial charge in [0, 0.05) is 18.7 Å². The average Bonchev–Trinajstić information content (AvgIpc) is 2.38. The van der Waals surface area contributed by atoms with Gasteiger partial charge in [-0.2, -0.15) is 0 Å². The molecule has 5 heteroatoms. The van der Waals surface area contributed by atoms with Crippen LogP contribution in [0.15, 0.2) is 18.2 Å². The minimum absolute atomic E-state index is 0.0106. The Hall–Kier alpha value is -1.75. The van der Waals surface area contributed by atoms with Crippen LogP contribution in [-0.4, -0.2) is 43.2 Å². The molecule has 1 amide bonds. The molecular formula is C15H24N2O3. The van der Waals surface area contributed by atoms with E-state index in [-0.39, 0.29) is 11.7 Å². The maximum Gasteiger partial charge on any atom is 0.234 e. The molecule has 0 aliphatic heterocycles. The molecule has 0 fully saturated rings. The van der Waals surface area contributed by atoms with Gasteiger partial charge < -0.3 is 15.2 Å². The molecule has 112 valence electrons. The van der Waals surface area contributed by atoms with Gasteiger partial charge >= 0.3 is 0 Å². The Labute approximate surface area is 120 Å². The van der Waals surface area contributed by atoms with Crippen molar-refractivity contribution in [3.63, 3.8) is 0 Å². The molecule has 2 N–H and O–H groups in total. The number of phenols is 1. The van der Waals surface area contributed by atoms with Gasteiger partial charge in [-0.15, -0.1) is 0 Å². The standard InChI is InChI=1S/C15H24N2O3/c1-11(2)8-16-14(18)10-17(3)9-12-6-5-7-13(20-4)15(12)19/h5-7,11,19H,8-10H2,1-4H3,(H,16,18). The molecule has 1 aromatic rings. The molecule has 0 spiro atoms. The van der Waals surface area contributed by atoms with Gasteiger partial charge in [0.05, 0.1) is 13.7 Å². The summed E-state index contributed by atoms with van der Waals surface area (Å²) in [5.41, 5.74) is 0.739. The maximum atomic E-state index is 11.7. The van der Waals surface area contributed by atoms with Crippen molar-refractivity contribution in [1.82, 2.24) is 10.2 Å². The summed E-state index contributed by atoms with van der Waals surface area (Å²) in [4.78, 5) is 13.6. The van der Waals surface area contributed by atoms with E-state index < -0.39 is 0 Å². The van der Waals surface area contributed by atoms with Crippen molar-refractivity contribution in [3.8, 4) is 11.5 Å². The van der Waals surface area contributed by atoms with E-state index in [1.54, 1.807) is 6.07 Å². The fourth-order valence-electron chi connectivity index (χ4n) is 1.83. The number of aromatic hydroxyl groups is 1. The molecule has 1 rings (SSSR count). The summed E-state index contributed by atoms with van der Waals surface area (Å²) in [7, 11) is 3.36. The number of rotatable bonds is 7. The highest BCUT2D eigenvalue weighted by atomic mass is 16.5. The van der Waals surface area contributed by atoms with E-state index in [0.717, 1.165) is 5.56 Å². The van der Waals surface area contributed by atoms with Crippen molar-refractivity contribution in [2.75, 3.05) is 27.2 Å². The summed E-state index contributed by atoms with van der Waals surface area (Å²) >= 11 is 0. The van der Waals surface area contributed by atoms with Crippen LogP contribution in [-0.2, 0) is 11.3 Å². The molecule has 0 unspecified atom stereocenters. The third kappa shape index (κ3) is 5.09. The number of hydrogen-bond donors (Lipinski definition) is 2. The topological polar surface area (TPSA) is 61.8 Å². The normalized spacial score (nSPS) is 10.9. The zero-order chi connectivity index (χ0) is 15.1. The second-order valence-electron chi connectivity index (χ2n) is 5.34. The number of amides is 1. The molecule has 0 aromatic heterocycles. The number of phenolic OH excluding ortho intramolecular Hbond substituents is 1. The number of nitrogens with one attached hydrogen (secondary N) is 1. The highest BCUT2D eigenvalue weighted by Crippen LogP contribution is 2.29. The van der Waals surface area contributed by atoms with Crippen molar-refractivity contribution in [2.24, 2.45) is 5.92 Å². The van der Waals surface area contributed by atoms with Gasteiger partial charge in [-0.25, -0.2) is 0 Å². The minimum atomic E-state index is -0.0106. The third-order valence-corrected chi connectivity index (χ3v) is 2.86. The van der Waals surface area contributed by atoms with Crippen LogP contribution in [0.5, 0.6) is 11.5 Å². The molecule has 0 radical (unpaired) electrons. The first-order chi connectivity index (χ1) is 9.43. The lowest BCUT2D eigenvalue weighted by atomic mass is 10.1.